The Kier molecular flexibility index (Phi) is 6.49. The van der Waals surface area contributed by atoms with Gasteiger partial charge in [-0.2, -0.15) is 0 Å². The fraction of sp³-hybridized carbons (Fsp3) is 0.353. The highest BCUT2D eigenvalue weighted by Crippen LogP contribution is 2.36. The van der Waals surface area contributed by atoms with Crippen LogP contribution in [0.25, 0.3) is 10.8 Å². The Morgan fingerprint density at radius 1 is 1.12 bits per heavy atom. The Labute approximate surface area is 161 Å². The molecule has 0 aliphatic rings. The number of amides is 1. The van der Waals surface area contributed by atoms with Crippen LogP contribution >= 0.6 is 46.4 Å². The molecule has 24 heavy (non-hydrogen) atoms. The average molecular weight is 409 g/mol. The van der Waals surface area contributed by atoms with Gasteiger partial charge < -0.3 is 10.1 Å². The van der Waals surface area contributed by atoms with Crippen LogP contribution in [0.15, 0.2) is 36.4 Å². The maximum atomic E-state index is 12.0. The zero-order chi connectivity index (χ0) is 17.9. The third-order valence-corrected chi connectivity index (χ3v) is 4.18. The van der Waals surface area contributed by atoms with Crippen molar-refractivity contribution in [3.05, 3.63) is 41.4 Å². The second-order valence-electron chi connectivity index (χ2n) is 5.80. The second kappa shape index (κ2) is 8.01. The first-order chi connectivity index (χ1) is 11.2. The SMILES string of the molecule is CC(C)CC(=O)N[C@@H](Oc1ccc(Cl)c2ccccc12)C(Cl)(Cl)Cl. The van der Waals surface area contributed by atoms with Gasteiger partial charge in [0.25, 0.3) is 0 Å². The molecule has 0 fully saturated rings. The van der Waals surface area contributed by atoms with Crippen molar-refractivity contribution in [3.63, 3.8) is 0 Å². The second-order valence-corrected chi connectivity index (χ2v) is 8.57. The first-order valence-electron chi connectivity index (χ1n) is 7.38. The maximum absolute atomic E-state index is 12.0. The Morgan fingerprint density at radius 2 is 1.75 bits per heavy atom. The van der Waals surface area contributed by atoms with Gasteiger partial charge in [0.05, 0.1) is 0 Å². The van der Waals surface area contributed by atoms with E-state index in [1.165, 1.54) is 0 Å². The van der Waals surface area contributed by atoms with E-state index in [9.17, 15) is 4.79 Å². The van der Waals surface area contributed by atoms with Crippen LogP contribution in [0, 0.1) is 5.92 Å². The van der Waals surface area contributed by atoms with Gasteiger partial charge >= 0.3 is 0 Å². The molecule has 0 saturated heterocycles. The number of halogens is 4. The van der Waals surface area contributed by atoms with Crippen LogP contribution in [-0.2, 0) is 4.79 Å². The van der Waals surface area contributed by atoms with E-state index in [0.717, 1.165) is 10.8 Å². The summed E-state index contributed by atoms with van der Waals surface area (Å²) >= 11 is 24.1. The van der Waals surface area contributed by atoms with Gasteiger partial charge in [0, 0.05) is 22.2 Å². The summed E-state index contributed by atoms with van der Waals surface area (Å²) < 4.78 is 3.99. The van der Waals surface area contributed by atoms with Gasteiger partial charge in [0.15, 0.2) is 0 Å². The van der Waals surface area contributed by atoms with E-state index in [0.29, 0.717) is 17.2 Å². The number of carbonyl (C=O) groups excluding carboxylic acids is 1. The van der Waals surface area contributed by atoms with Crippen LogP contribution in [0.1, 0.15) is 20.3 Å². The lowest BCUT2D eigenvalue weighted by Crippen LogP contribution is -2.48. The van der Waals surface area contributed by atoms with E-state index >= 15 is 0 Å². The van der Waals surface area contributed by atoms with Crippen LogP contribution < -0.4 is 10.1 Å². The summed E-state index contributed by atoms with van der Waals surface area (Å²) in [6.45, 7) is 3.86. The number of benzene rings is 2. The highest BCUT2D eigenvalue weighted by molar-refractivity contribution is 6.68. The topological polar surface area (TPSA) is 38.3 Å². The zero-order valence-electron chi connectivity index (χ0n) is 13.2. The molecular formula is C17H17Cl4NO2. The molecule has 1 amide bonds. The summed E-state index contributed by atoms with van der Waals surface area (Å²) in [6, 6.07) is 10.8. The number of alkyl halides is 3. The molecule has 0 bridgehead atoms. The molecule has 0 radical (unpaired) electrons. The van der Waals surface area contributed by atoms with Gasteiger partial charge in [-0.15, -0.1) is 0 Å². The third kappa shape index (κ3) is 5.06. The normalized spacial score (nSPS) is 13.1. The largest absolute Gasteiger partial charge is 0.465 e. The maximum Gasteiger partial charge on any atom is 0.246 e. The summed E-state index contributed by atoms with van der Waals surface area (Å²) in [7, 11) is 0. The molecule has 0 aromatic heterocycles. The van der Waals surface area contributed by atoms with Crippen LogP contribution in [0.5, 0.6) is 5.75 Å². The predicted octanol–water partition coefficient (Wildman–Crippen LogP) is 5.73. The molecule has 2 rings (SSSR count). The lowest BCUT2D eigenvalue weighted by atomic mass is 10.1. The van der Waals surface area contributed by atoms with Crippen molar-refractivity contribution in [2.75, 3.05) is 0 Å². The highest BCUT2D eigenvalue weighted by atomic mass is 35.6. The van der Waals surface area contributed by atoms with Crippen molar-refractivity contribution in [3.8, 4) is 5.75 Å². The Balaban J connectivity index is 2.30. The standard InChI is InChI=1S/C17H17Cl4NO2/c1-10(2)9-15(23)22-16(17(19,20)21)24-14-8-7-13(18)11-5-3-4-6-12(11)14/h3-8,10,16H,9H2,1-2H3,(H,22,23)/t16-/m0/s1. The molecule has 2 aromatic rings. The number of nitrogens with one attached hydrogen (secondary N) is 1. The van der Waals surface area contributed by atoms with Gasteiger partial charge in [-0.1, -0.05) is 84.5 Å². The summed E-state index contributed by atoms with van der Waals surface area (Å²) in [5.74, 6) is 0.396. The quantitative estimate of drug-likeness (QED) is 0.506. The van der Waals surface area contributed by atoms with Gasteiger partial charge in [-0.05, 0) is 18.1 Å². The van der Waals surface area contributed by atoms with Crippen molar-refractivity contribution >= 4 is 63.1 Å². The number of carbonyl (C=O) groups is 1. The van der Waals surface area contributed by atoms with Crippen LogP contribution in [0.3, 0.4) is 0 Å². The third-order valence-electron chi connectivity index (χ3n) is 3.26. The molecule has 3 nitrogen and oxygen atoms in total. The zero-order valence-corrected chi connectivity index (χ0v) is 16.2. The lowest BCUT2D eigenvalue weighted by molar-refractivity contribution is -0.124. The van der Waals surface area contributed by atoms with Gasteiger partial charge in [0.2, 0.25) is 15.9 Å². The fourth-order valence-electron chi connectivity index (χ4n) is 2.22. The van der Waals surface area contributed by atoms with Crippen molar-refractivity contribution in [1.82, 2.24) is 5.32 Å². The average Bonchev–Trinajstić information content (AvgIpc) is 2.47. The molecule has 0 aliphatic carbocycles. The van der Waals surface area contributed by atoms with Crippen LogP contribution in [-0.4, -0.2) is 15.9 Å². The molecule has 2 aromatic carbocycles. The van der Waals surface area contributed by atoms with E-state index in [1.54, 1.807) is 12.1 Å². The smallest absolute Gasteiger partial charge is 0.246 e. The number of fused-ring (bicyclic) bond motifs is 1. The van der Waals surface area contributed by atoms with E-state index in [1.807, 2.05) is 38.1 Å². The Morgan fingerprint density at radius 3 is 2.33 bits per heavy atom. The summed E-state index contributed by atoms with van der Waals surface area (Å²) in [5.41, 5.74) is 0. The summed E-state index contributed by atoms with van der Waals surface area (Å²) in [5, 5.41) is 4.80. The Hall–Kier alpha value is -0.870. The highest BCUT2D eigenvalue weighted by Gasteiger charge is 2.36. The van der Waals surface area contributed by atoms with Gasteiger partial charge in [0.1, 0.15) is 5.75 Å². The predicted molar refractivity (Wildman–Crippen MR) is 101 cm³/mol. The molecule has 0 spiro atoms. The van der Waals surface area contributed by atoms with Crippen LogP contribution in [0.4, 0.5) is 0 Å². The van der Waals surface area contributed by atoms with Crippen molar-refractivity contribution in [1.29, 1.82) is 0 Å². The molecule has 0 aliphatic heterocycles. The van der Waals surface area contributed by atoms with Gasteiger partial charge in [-0.25, -0.2) is 0 Å². The molecule has 7 heteroatoms. The number of hydrogen-bond donors (Lipinski definition) is 1. The minimum absolute atomic E-state index is 0.178. The molecule has 1 N–H and O–H groups in total. The Bertz CT molecular complexity index is 728. The van der Waals surface area contributed by atoms with E-state index in [-0.39, 0.29) is 11.8 Å². The van der Waals surface area contributed by atoms with Crippen molar-refractivity contribution in [2.45, 2.75) is 30.3 Å². The van der Waals surface area contributed by atoms with Crippen molar-refractivity contribution < 1.29 is 9.53 Å². The molecular weight excluding hydrogens is 392 g/mol. The van der Waals surface area contributed by atoms with Crippen molar-refractivity contribution in [2.24, 2.45) is 5.92 Å². The lowest BCUT2D eigenvalue weighted by Gasteiger charge is -2.27. The molecule has 0 saturated carbocycles. The number of hydrogen-bond acceptors (Lipinski definition) is 2. The van der Waals surface area contributed by atoms with E-state index in [4.69, 9.17) is 51.1 Å². The fourth-order valence-corrected chi connectivity index (χ4v) is 2.74. The number of rotatable bonds is 5. The molecule has 130 valence electrons. The summed E-state index contributed by atoms with van der Waals surface area (Å²) in [6.07, 6.45) is -0.819. The molecule has 1 atom stereocenters. The first kappa shape index (κ1) is 19.5. The monoisotopic (exact) mass is 407 g/mol. The van der Waals surface area contributed by atoms with Gasteiger partial charge in [-0.3, -0.25) is 4.79 Å². The minimum Gasteiger partial charge on any atom is -0.465 e. The van der Waals surface area contributed by atoms with Crippen LogP contribution in [0.2, 0.25) is 5.02 Å². The first-order valence-corrected chi connectivity index (χ1v) is 8.89. The van der Waals surface area contributed by atoms with E-state index in [2.05, 4.69) is 5.32 Å². The van der Waals surface area contributed by atoms with E-state index < -0.39 is 10.0 Å². The number of ether oxygens (including phenoxy) is 1. The summed E-state index contributed by atoms with van der Waals surface area (Å²) in [4.78, 5) is 12.0. The minimum atomic E-state index is -1.83. The molecule has 0 unspecified atom stereocenters. The molecule has 0 heterocycles.